The maximum absolute atomic E-state index is 13.4. The molecule has 2 aliphatic carbocycles. The van der Waals surface area contributed by atoms with E-state index in [0.29, 0.717) is 101 Å². The van der Waals surface area contributed by atoms with Crippen molar-refractivity contribution in [1.29, 1.82) is 0 Å². The highest BCUT2D eigenvalue weighted by atomic mass is 16.3. The summed E-state index contributed by atoms with van der Waals surface area (Å²) >= 11 is 0. The third kappa shape index (κ3) is 11.2. The first kappa shape index (κ1) is 48.7. The SMILES string of the molecule is O=C1c2c(O)ccc(O)c2C(=O)c2c(NCCNCCO)ccc(NCCNCCO)c21.O=C1c2c(O)ccc(O)c2C(=O)c2c(NCCNCCO)ccc(NCCNCCO)c21. The Labute approximate surface area is 368 Å². The van der Waals surface area contributed by atoms with Crippen LogP contribution >= 0.6 is 0 Å². The largest absolute Gasteiger partial charge is 0.507 e. The van der Waals surface area contributed by atoms with Gasteiger partial charge in [0.1, 0.15) is 23.0 Å². The molecular formula is C44H56N8O12. The lowest BCUT2D eigenvalue weighted by atomic mass is 9.81. The van der Waals surface area contributed by atoms with Gasteiger partial charge in [-0.3, -0.25) is 19.2 Å². The number of aliphatic hydroxyl groups excluding tert-OH is 4. The van der Waals surface area contributed by atoms with Crippen LogP contribution in [0, 0.1) is 0 Å². The minimum absolute atomic E-state index is 0.00939. The van der Waals surface area contributed by atoms with Crippen molar-refractivity contribution in [2.75, 3.05) is 126 Å². The first-order valence-corrected chi connectivity index (χ1v) is 20.9. The second-order valence-corrected chi connectivity index (χ2v) is 14.4. The molecule has 0 unspecified atom stereocenters. The fourth-order valence-corrected chi connectivity index (χ4v) is 7.28. The number of aliphatic hydroxyl groups is 4. The van der Waals surface area contributed by atoms with Gasteiger partial charge in [0.05, 0.1) is 70.9 Å². The Hall–Kier alpha value is -6.36. The molecule has 0 saturated carbocycles. The molecule has 20 nitrogen and oxygen atoms in total. The molecule has 2 aliphatic rings. The molecule has 0 amide bonds. The molecule has 0 saturated heterocycles. The molecule has 20 heteroatoms. The van der Waals surface area contributed by atoms with Gasteiger partial charge in [0.25, 0.3) is 0 Å². The fraction of sp³-hybridized carbons (Fsp3) is 0.364. The summed E-state index contributed by atoms with van der Waals surface area (Å²) < 4.78 is 0. The van der Waals surface area contributed by atoms with Crippen LogP contribution in [0.4, 0.5) is 22.7 Å². The number of carbonyl (C=O) groups excluding carboxylic acids is 4. The maximum Gasteiger partial charge on any atom is 0.200 e. The predicted molar refractivity (Wildman–Crippen MR) is 240 cm³/mol. The van der Waals surface area contributed by atoms with Gasteiger partial charge in [-0.15, -0.1) is 0 Å². The Morgan fingerprint density at radius 1 is 0.281 bits per heavy atom. The van der Waals surface area contributed by atoms with Gasteiger partial charge in [-0.1, -0.05) is 0 Å². The van der Waals surface area contributed by atoms with Gasteiger partial charge in [0.15, 0.2) is 0 Å². The Bertz CT molecular complexity index is 1990. The van der Waals surface area contributed by atoms with Crippen LogP contribution in [0.2, 0.25) is 0 Å². The van der Waals surface area contributed by atoms with Crippen LogP contribution in [-0.4, -0.2) is 169 Å². The predicted octanol–water partition coefficient (Wildman–Crippen LogP) is -0.278. The van der Waals surface area contributed by atoms with E-state index in [2.05, 4.69) is 42.5 Å². The molecule has 0 spiro atoms. The summed E-state index contributed by atoms with van der Waals surface area (Å²) in [6.45, 7) is 5.62. The summed E-state index contributed by atoms with van der Waals surface area (Å²) in [5, 5.41) is 101. The standard InChI is InChI=1S/2C22H28N4O6/c2*27-11-9-23-5-7-25-13-1-2-14(26-8-6-24-10-12-28)18-17(13)21(31)19-15(29)3-4-16(30)20(19)22(18)32/h2*1-4,23-30H,5-12H2. The van der Waals surface area contributed by atoms with Crippen molar-refractivity contribution in [3.8, 4) is 23.0 Å². The van der Waals surface area contributed by atoms with Gasteiger partial charge in [0, 0.05) is 101 Å². The third-order valence-electron chi connectivity index (χ3n) is 10.2. The van der Waals surface area contributed by atoms with E-state index in [9.17, 15) is 39.6 Å². The van der Waals surface area contributed by atoms with Gasteiger partial charge in [0.2, 0.25) is 23.1 Å². The first-order valence-electron chi connectivity index (χ1n) is 20.9. The van der Waals surface area contributed by atoms with E-state index in [4.69, 9.17) is 20.4 Å². The van der Waals surface area contributed by atoms with Crippen molar-refractivity contribution >= 4 is 45.9 Å². The van der Waals surface area contributed by atoms with E-state index in [0.717, 1.165) is 0 Å². The van der Waals surface area contributed by atoms with Crippen molar-refractivity contribution in [2.24, 2.45) is 0 Å². The minimum atomic E-state index is -0.559. The number of aromatic hydroxyl groups is 4. The molecule has 4 aromatic rings. The van der Waals surface area contributed by atoms with Crippen LogP contribution in [0.25, 0.3) is 0 Å². The summed E-state index contributed by atoms with van der Waals surface area (Å²) in [6, 6.07) is 11.5. The minimum Gasteiger partial charge on any atom is -0.507 e. The number of phenolic OH excluding ortho intramolecular Hbond substituents is 4. The van der Waals surface area contributed by atoms with E-state index in [1.54, 1.807) is 24.3 Å². The summed E-state index contributed by atoms with van der Waals surface area (Å²) in [4.78, 5) is 53.5. The Morgan fingerprint density at radius 2 is 0.484 bits per heavy atom. The molecule has 0 heterocycles. The fourth-order valence-electron chi connectivity index (χ4n) is 7.28. The summed E-state index contributed by atoms with van der Waals surface area (Å²) in [6.07, 6.45) is 0. The van der Waals surface area contributed by atoms with Crippen molar-refractivity contribution in [3.63, 3.8) is 0 Å². The number of hydrogen-bond donors (Lipinski definition) is 16. The lowest BCUT2D eigenvalue weighted by Gasteiger charge is -2.25. The van der Waals surface area contributed by atoms with Crippen molar-refractivity contribution < 1.29 is 60.0 Å². The number of anilines is 4. The molecule has 0 bridgehead atoms. The number of hydrogen-bond acceptors (Lipinski definition) is 20. The zero-order chi connectivity index (χ0) is 46.2. The van der Waals surface area contributed by atoms with Crippen LogP contribution < -0.4 is 42.5 Å². The molecule has 0 aromatic heterocycles. The molecule has 0 radical (unpaired) electrons. The molecule has 16 N–H and O–H groups in total. The van der Waals surface area contributed by atoms with E-state index in [1.165, 1.54) is 24.3 Å². The summed E-state index contributed by atoms with van der Waals surface area (Å²) in [5.74, 6) is -3.72. The van der Waals surface area contributed by atoms with Crippen LogP contribution in [0.3, 0.4) is 0 Å². The van der Waals surface area contributed by atoms with E-state index in [1.807, 2.05) is 0 Å². The van der Waals surface area contributed by atoms with E-state index >= 15 is 0 Å². The zero-order valence-corrected chi connectivity index (χ0v) is 35.1. The highest BCUT2D eigenvalue weighted by Crippen LogP contribution is 2.44. The van der Waals surface area contributed by atoms with Gasteiger partial charge >= 0.3 is 0 Å². The smallest absolute Gasteiger partial charge is 0.200 e. The van der Waals surface area contributed by atoms with Crippen molar-refractivity contribution in [1.82, 2.24) is 21.3 Å². The van der Waals surface area contributed by atoms with Crippen molar-refractivity contribution in [3.05, 3.63) is 93.0 Å². The Kier molecular flexibility index (Phi) is 18.2. The number of carbonyl (C=O) groups is 4. The summed E-state index contributed by atoms with van der Waals surface area (Å²) in [5.41, 5.74) is 1.36. The number of phenols is 4. The highest BCUT2D eigenvalue weighted by Gasteiger charge is 2.39. The molecule has 64 heavy (non-hydrogen) atoms. The monoisotopic (exact) mass is 888 g/mol. The van der Waals surface area contributed by atoms with Gasteiger partial charge in [-0.25, -0.2) is 0 Å². The van der Waals surface area contributed by atoms with E-state index < -0.39 is 23.1 Å². The average Bonchev–Trinajstić information content (AvgIpc) is 3.29. The quantitative estimate of drug-likeness (QED) is 0.0275. The van der Waals surface area contributed by atoms with Crippen LogP contribution in [0.1, 0.15) is 63.7 Å². The molecule has 0 fully saturated rings. The second-order valence-electron chi connectivity index (χ2n) is 14.4. The maximum atomic E-state index is 13.4. The molecule has 0 atom stereocenters. The molecular weight excluding hydrogens is 833 g/mol. The van der Waals surface area contributed by atoms with Crippen LogP contribution in [0.15, 0.2) is 48.5 Å². The average molecular weight is 889 g/mol. The Balaban J connectivity index is 0.000000241. The van der Waals surface area contributed by atoms with Gasteiger partial charge in [-0.2, -0.15) is 0 Å². The highest BCUT2D eigenvalue weighted by molar-refractivity contribution is 6.34. The molecule has 344 valence electrons. The number of rotatable bonds is 24. The zero-order valence-electron chi connectivity index (χ0n) is 35.1. The lowest BCUT2D eigenvalue weighted by Crippen LogP contribution is -2.28. The number of ketones is 4. The topological polar surface area (TPSA) is 326 Å². The number of benzene rings is 4. The van der Waals surface area contributed by atoms with Crippen LogP contribution in [-0.2, 0) is 0 Å². The number of fused-ring (bicyclic) bond motifs is 4. The van der Waals surface area contributed by atoms with Crippen LogP contribution in [0.5, 0.6) is 23.0 Å². The normalized spacial score (nSPS) is 12.4. The molecule has 6 rings (SSSR count). The summed E-state index contributed by atoms with van der Waals surface area (Å²) in [7, 11) is 0. The molecule has 0 aliphatic heterocycles. The third-order valence-corrected chi connectivity index (χ3v) is 10.2. The first-order chi connectivity index (χ1) is 31.0. The number of nitrogens with one attached hydrogen (secondary N) is 8. The van der Waals surface area contributed by atoms with E-state index in [-0.39, 0.29) is 93.9 Å². The Morgan fingerprint density at radius 3 is 0.672 bits per heavy atom. The van der Waals surface area contributed by atoms with Gasteiger partial charge < -0.3 is 83.4 Å². The second kappa shape index (κ2) is 23.9. The molecule has 4 aromatic carbocycles. The lowest BCUT2D eigenvalue weighted by molar-refractivity contribution is 0.0975. The van der Waals surface area contributed by atoms with Crippen molar-refractivity contribution in [2.45, 2.75) is 0 Å². The van der Waals surface area contributed by atoms with Gasteiger partial charge in [-0.05, 0) is 48.5 Å².